The third-order valence-electron chi connectivity index (χ3n) is 3.39. The zero-order valence-electron chi connectivity index (χ0n) is 13.0. The maximum atomic E-state index is 10.9. The molecule has 0 saturated carbocycles. The summed E-state index contributed by atoms with van der Waals surface area (Å²) in [4.78, 5) is 10.9. The van der Waals surface area contributed by atoms with Crippen LogP contribution in [0.2, 0.25) is 0 Å². The zero-order chi connectivity index (χ0) is 14.9. The van der Waals surface area contributed by atoms with Gasteiger partial charge in [-0.05, 0) is 29.0 Å². The molecule has 0 aromatic heterocycles. The third-order valence-corrected chi connectivity index (χ3v) is 3.70. The molecule has 0 spiro atoms. The number of unbranched alkanes of at least 4 members (excludes halogenated alkanes) is 11. The highest BCUT2D eigenvalue weighted by Gasteiger charge is 2.01. The molecule has 0 heterocycles. The van der Waals surface area contributed by atoms with Crippen molar-refractivity contribution >= 4 is 28.7 Å². The summed E-state index contributed by atoms with van der Waals surface area (Å²) in [5.74, 6) is 0. The smallest absolute Gasteiger partial charge is 0.434 e. The number of halogens is 1. The topological polar surface area (TPSA) is 35.5 Å². The van der Waals surface area contributed by atoms with Gasteiger partial charge < -0.3 is 9.47 Å². The zero-order valence-corrected chi connectivity index (χ0v) is 15.2. The number of hydrogen-bond donors (Lipinski definition) is 0. The van der Waals surface area contributed by atoms with Crippen molar-refractivity contribution in [3.8, 4) is 0 Å². The van der Waals surface area contributed by atoms with Crippen LogP contribution < -0.4 is 0 Å². The molecule has 0 unspecified atom stereocenters. The van der Waals surface area contributed by atoms with E-state index < -0.39 is 6.16 Å². The van der Waals surface area contributed by atoms with Crippen LogP contribution in [0.4, 0.5) is 4.79 Å². The Bertz CT molecular complexity index is 210. The van der Waals surface area contributed by atoms with Gasteiger partial charge in [0, 0.05) is 0 Å². The molecule has 0 amide bonds. The van der Waals surface area contributed by atoms with Gasteiger partial charge >= 0.3 is 6.16 Å². The number of alkyl halides is 1. The second-order valence-corrected chi connectivity index (χ2v) is 5.86. The van der Waals surface area contributed by atoms with Crippen molar-refractivity contribution in [2.24, 2.45) is 0 Å². The number of carbonyl (C=O) groups excluding carboxylic acids is 1. The van der Waals surface area contributed by atoms with Gasteiger partial charge in [-0.15, -0.1) is 0 Å². The highest BCUT2D eigenvalue weighted by Crippen LogP contribution is 2.11. The fourth-order valence-electron chi connectivity index (χ4n) is 2.18. The van der Waals surface area contributed by atoms with Crippen LogP contribution in [0.1, 0.15) is 84.0 Å². The average molecular weight is 398 g/mol. The first kappa shape index (κ1) is 20.0. The number of ether oxygens (including phenoxy) is 2. The molecule has 0 aromatic rings. The predicted octanol–water partition coefficient (Wildman–Crippen LogP) is 6.23. The lowest BCUT2D eigenvalue weighted by molar-refractivity contribution is 0.0694. The summed E-state index contributed by atoms with van der Waals surface area (Å²) in [5, 5.41) is 0. The van der Waals surface area contributed by atoms with E-state index in [1.54, 1.807) is 0 Å². The first-order chi connectivity index (χ1) is 9.81. The van der Waals surface area contributed by atoms with Crippen LogP contribution in [-0.4, -0.2) is 17.4 Å². The second kappa shape index (κ2) is 17.1. The molecule has 0 aromatic carbocycles. The maximum Gasteiger partial charge on any atom is 0.509 e. The molecule has 0 rings (SSSR count). The van der Waals surface area contributed by atoms with E-state index in [-0.39, 0.29) is 0 Å². The SMILES string of the molecule is CCCCCCCCCCCCCCOC(=O)OCI. The summed E-state index contributed by atoms with van der Waals surface area (Å²) in [6, 6.07) is 0. The second-order valence-electron chi connectivity index (χ2n) is 5.24. The molecule has 0 atom stereocenters. The lowest BCUT2D eigenvalue weighted by atomic mass is 10.1. The van der Waals surface area contributed by atoms with Crippen molar-refractivity contribution in [2.45, 2.75) is 84.0 Å². The van der Waals surface area contributed by atoms with E-state index in [9.17, 15) is 4.79 Å². The number of hydrogen-bond acceptors (Lipinski definition) is 3. The summed E-state index contributed by atoms with van der Waals surface area (Å²) >= 11 is 1.98. The molecule has 0 aliphatic rings. The molecule has 0 bridgehead atoms. The molecule has 4 heteroatoms. The molecule has 0 radical (unpaired) electrons. The lowest BCUT2D eigenvalue weighted by Gasteiger charge is -2.04. The summed E-state index contributed by atoms with van der Waals surface area (Å²) in [6.07, 6.45) is 15.2. The molecular formula is C16H31IO3. The highest BCUT2D eigenvalue weighted by atomic mass is 127. The fraction of sp³-hybridized carbons (Fsp3) is 0.938. The quantitative estimate of drug-likeness (QED) is 0.151. The highest BCUT2D eigenvalue weighted by molar-refractivity contribution is 14.1. The van der Waals surface area contributed by atoms with Gasteiger partial charge in [-0.3, -0.25) is 0 Å². The molecule has 3 nitrogen and oxygen atoms in total. The summed E-state index contributed by atoms with van der Waals surface area (Å²) in [5.41, 5.74) is 0. The Balaban J connectivity index is 3.01. The molecule has 20 heavy (non-hydrogen) atoms. The summed E-state index contributed by atoms with van der Waals surface area (Å²) < 4.78 is 9.94. The molecule has 0 aliphatic carbocycles. The van der Waals surface area contributed by atoms with Crippen molar-refractivity contribution in [1.82, 2.24) is 0 Å². The summed E-state index contributed by atoms with van der Waals surface area (Å²) in [6.45, 7) is 2.75. The van der Waals surface area contributed by atoms with Gasteiger partial charge in [0.05, 0.1) is 6.61 Å². The van der Waals surface area contributed by atoms with Crippen molar-refractivity contribution < 1.29 is 14.3 Å². The average Bonchev–Trinajstić information content (AvgIpc) is 2.44. The van der Waals surface area contributed by atoms with Crippen LogP contribution in [0.3, 0.4) is 0 Å². The van der Waals surface area contributed by atoms with Crippen LogP contribution >= 0.6 is 22.6 Å². The van der Waals surface area contributed by atoms with Gasteiger partial charge in [0.1, 0.15) is 4.61 Å². The Kier molecular flexibility index (Phi) is 17.1. The van der Waals surface area contributed by atoms with Crippen LogP contribution in [0, 0.1) is 0 Å². The Labute approximate surface area is 138 Å². The van der Waals surface area contributed by atoms with Crippen molar-refractivity contribution in [2.75, 3.05) is 11.2 Å². The van der Waals surface area contributed by atoms with E-state index in [0.29, 0.717) is 11.2 Å². The van der Waals surface area contributed by atoms with E-state index in [0.717, 1.165) is 12.8 Å². The lowest BCUT2D eigenvalue weighted by Crippen LogP contribution is -2.06. The van der Waals surface area contributed by atoms with Gasteiger partial charge in [0.25, 0.3) is 0 Å². The molecule has 0 aliphatic heterocycles. The predicted molar refractivity (Wildman–Crippen MR) is 92.4 cm³/mol. The van der Waals surface area contributed by atoms with E-state index >= 15 is 0 Å². The largest absolute Gasteiger partial charge is 0.509 e. The minimum atomic E-state index is -0.539. The maximum absolute atomic E-state index is 10.9. The van der Waals surface area contributed by atoms with E-state index in [1.165, 1.54) is 64.2 Å². The van der Waals surface area contributed by atoms with Crippen molar-refractivity contribution in [3.05, 3.63) is 0 Å². The number of rotatable bonds is 14. The standard InChI is InChI=1S/C16H31IO3/c1-2-3-4-5-6-7-8-9-10-11-12-13-14-19-16(18)20-15-17/h2-15H2,1H3. The third kappa shape index (κ3) is 16.1. The Morgan fingerprint density at radius 3 is 1.65 bits per heavy atom. The monoisotopic (exact) mass is 398 g/mol. The first-order valence-corrected chi connectivity index (χ1v) is 9.69. The molecule has 0 N–H and O–H groups in total. The number of carbonyl (C=O) groups is 1. The normalized spacial score (nSPS) is 10.5. The van der Waals surface area contributed by atoms with E-state index in [1.807, 2.05) is 22.6 Å². The Morgan fingerprint density at radius 1 is 0.750 bits per heavy atom. The van der Waals surface area contributed by atoms with Gasteiger partial charge in [-0.2, -0.15) is 0 Å². The Hall–Kier alpha value is 0. The summed E-state index contributed by atoms with van der Waals surface area (Å²) in [7, 11) is 0. The minimum Gasteiger partial charge on any atom is -0.434 e. The van der Waals surface area contributed by atoms with Gasteiger partial charge in [0.2, 0.25) is 0 Å². The van der Waals surface area contributed by atoms with Crippen molar-refractivity contribution in [3.63, 3.8) is 0 Å². The van der Waals surface area contributed by atoms with Crippen LogP contribution in [0.5, 0.6) is 0 Å². The Morgan fingerprint density at radius 2 is 1.20 bits per heavy atom. The minimum absolute atomic E-state index is 0.356. The van der Waals surface area contributed by atoms with Gasteiger partial charge in [-0.25, -0.2) is 4.79 Å². The van der Waals surface area contributed by atoms with E-state index in [2.05, 4.69) is 11.7 Å². The van der Waals surface area contributed by atoms with Crippen LogP contribution in [0.15, 0.2) is 0 Å². The van der Waals surface area contributed by atoms with Crippen LogP contribution in [-0.2, 0) is 9.47 Å². The molecule has 120 valence electrons. The van der Waals surface area contributed by atoms with E-state index in [4.69, 9.17) is 4.74 Å². The fourth-order valence-corrected chi connectivity index (χ4v) is 2.44. The van der Waals surface area contributed by atoms with Crippen LogP contribution in [0.25, 0.3) is 0 Å². The van der Waals surface area contributed by atoms with Gasteiger partial charge in [-0.1, -0.05) is 77.6 Å². The molecule has 0 fully saturated rings. The van der Waals surface area contributed by atoms with Gasteiger partial charge in [0.15, 0.2) is 0 Å². The first-order valence-electron chi connectivity index (χ1n) is 8.16. The van der Waals surface area contributed by atoms with Crippen molar-refractivity contribution in [1.29, 1.82) is 0 Å². The molecule has 0 saturated heterocycles. The molecular weight excluding hydrogens is 367 g/mol.